The first kappa shape index (κ1) is 15.5. The summed E-state index contributed by atoms with van der Waals surface area (Å²) in [5.74, 6) is 0.535. The number of nitrogens with one attached hydrogen (secondary N) is 2. The van der Waals surface area contributed by atoms with E-state index in [1.165, 1.54) is 6.26 Å². The predicted octanol–water partition coefficient (Wildman–Crippen LogP) is 1.80. The van der Waals surface area contributed by atoms with Crippen molar-refractivity contribution in [2.45, 2.75) is 0 Å². The number of carbonyl (C=O) groups is 1. The Bertz CT molecular complexity index is 802. The van der Waals surface area contributed by atoms with Crippen molar-refractivity contribution in [2.24, 2.45) is 10.1 Å². The SMILES string of the molecule is CN(C)c1ccc(C=NNC2=N/C(=C\c3ccco3)C(=O)N2)cc1. The quantitative estimate of drug-likeness (QED) is 0.511. The second-order valence-electron chi connectivity index (χ2n) is 5.32. The van der Waals surface area contributed by atoms with Gasteiger partial charge in [-0.2, -0.15) is 5.10 Å². The van der Waals surface area contributed by atoms with Gasteiger partial charge in [-0.15, -0.1) is 0 Å². The number of nitrogens with zero attached hydrogens (tertiary/aromatic N) is 3. The van der Waals surface area contributed by atoms with Gasteiger partial charge in [-0.3, -0.25) is 10.1 Å². The monoisotopic (exact) mass is 323 g/mol. The number of benzene rings is 1. The smallest absolute Gasteiger partial charge is 0.276 e. The van der Waals surface area contributed by atoms with Gasteiger partial charge in [-0.05, 0) is 29.8 Å². The van der Waals surface area contributed by atoms with Crippen molar-refractivity contribution in [3.05, 3.63) is 59.7 Å². The molecule has 0 saturated heterocycles. The molecule has 2 heterocycles. The molecule has 0 radical (unpaired) electrons. The molecule has 0 unspecified atom stereocenters. The van der Waals surface area contributed by atoms with Gasteiger partial charge < -0.3 is 9.32 Å². The third-order valence-electron chi connectivity index (χ3n) is 3.31. The number of hydrogen-bond acceptors (Lipinski definition) is 6. The van der Waals surface area contributed by atoms with Gasteiger partial charge in [0.15, 0.2) is 0 Å². The van der Waals surface area contributed by atoms with E-state index in [4.69, 9.17) is 4.42 Å². The molecule has 1 aromatic heterocycles. The van der Waals surface area contributed by atoms with Crippen LogP contribution >= 0.6 is 0 Å². The molecular weight excluding hydrogens is 306 g/mol. The third-order valence-corrected chi connectivity index (χ3v) is 3.31. The van der Waals surface area contributed by atoms with Gasteiger partial charge in [-0.1, -0.05) is 12.1 Å². The predicted molar refractivity (Wildman–Crippen MR) is 93.8 cm³/mol. The first-order valence-corrected chi connectivity index (χ1v) is 7.33. The maximum atomic E-state index is 11.8. The molecule has 0 spiro atoms. The summed E-state index contributed by atoms with van der Waals surface area (Å²) in [5, 5.41) is 6.68. The summed E-state index contributed by atoms with van der Waals surface area (Å²) in [6.45, 7) is 0. The van der Waals surface area contributed by atoms with Gasteiger partial charge in [0.1, 0.15) is 11.5 Å². The van der Waals surface area contributed by atoms with Crippen LogP contribution in [-0.4, -0.2) is 32.2 Å². The van der Waals surface area contributed by atoms with Crippen LogP contribution in [0, 0.1) is 0 Å². The van der Waals surface area contributed by atoms with E-state index >= 15 is 0 Å². The summed E-state index contributed by atoms with van der Waals surface area (Å²) in [6, 6.07) is 11.4. The van der Waals surface area contributed by atoms with Gasteiger partial charge in [-0.25, -0.2) is 10.4 Å². The van der Waals surface area contributed by atoms with Crippen LogP contribution in [0.2, 0.25) is 0 Å². The van der Waals surface area contributed by atoms with Gasteiger partial charge in [0, 0.05) is 25.9 Å². The summed E-state index contributed by atoms with van der Waals surface area (Å²) in [7, 11) is 3.97. The Kier molecular flexibility index (Phi) is 4.42. The number of aliphatic imine (C=N–C) groups is 1. The minimum absolute atomic E-state index is 0.262. The van der Waals surface area contributed by atoms with Crippen molar-refractivity contribution in [1.29, 1.82) is 0 Å². The number of furan rings is 1. The van der Waals surface area contributed by atoms with E-state index in [0.717, 1.165) is 11.3 Å². The lowest BCUT2D eigenvalue weighted by atomic mass is 10.2. The molecule has 7 heteroatoms. The van der Waals surface area contributed by atoms with Crippen LogP contribution in [0.3, 0.4) is 0 Å². The van der Waals surface area contributed by atoms with E-state index in [-0.39, 0.29) is 17.6 Å². The number of hydrogen-bond donors (Lipinski definition) is 2. The van der Waals surface area contributed by atoms with E-state index in [1.807, 2.05) is 43.3 Å². The van der Waals surface area contributed by atoms with Crippen LogP contribution in [0.25, 0.3) is 6.08 Å². The van der Waals surface area contributed by atoms with Crippen LogP contribution in [0.5, 0.6) is 0 Å². The van der Waals surface area contributed by atoms with Crippen molar-refractivity contribution in [2.75, 3.05) is 19.0 Å². The zero-order chi connectivity index (χ0) is 16.9. The lowest BCUT2D eigenvalue weighted by Crippen LogP contribution is -2.33. The Labute approximate surface area is 139 Å². The van der Waals surface area contributed by atoms with Crippen molar-refractivity contribution in [3.63, 3.8) is 0 Å². The third kappa shape index (κ3) is 3.70. The van der Waals surface area contributed by atoms with Crippen molar-refractivity contribution >= 4 is 29.8 Å². The topological polar surface area (TPSA) is 82.2 Å². The second-order valence-corrected chi connectivity index (χ2v) is 5.32. The number of carbonyl (C=O) groups excluding carboxylic acids is 1. The van der Waals surface area contributed by atoms with Crippen molar-refractivity contribution in [3.8, 4) is 0 Å². The molecule has 122 valence electrons. The Hall–Kier alpha value is -3.35. The Morgan fingerprint density at radius 3 is 2.71 bits per heavy atom. The van der Waals surface area contributed by atoms with E-state index in [0.29, 0.717) is 5.76 Å². The van der Waals surface area contributed by atoms with Crippen molar-refractivity contribution in [1.82, 2.24) is 10.7 Å². The lowest BCUT2D eigenvalue weighted by molar-refractivity contribution is -0.115. The molecular formula is C17H17N5O2. The average molecular weight is 323 g/mol. The zero-order valence-electron chi connectivity index (χ0n) is 13.4. The first-order valence-electron chi connectivity index (χ1n) is 7.33. The van der Waals surface area contributed by atoms with Crippen molar-refractivity contribution < 1.29 is 9.21 Å². The number of guanidine groups is 1. The highest BCUT2D eigenvalue weighted by Crippen LogP contribution is 2.12. The van der Waals surface area contributed by atoms with Crippen LogP contribution < -0.4 is 15.6 Å². The highest BCUT2D eigenvalue weighted by atomic mass is 16.3. The highest BCUT2D eigenvalue weighted by molar-refractivity contribution is 6.13. The largest absolute Gasteiger partial charge is 0.465 e. The highest BCUT2D eigenvalue weighted by Gasteiger charge is 2.19. The van der Waals surface area contributed by atoms with Crippen LogP contribution in [0.4, 0.5) is 5.69 Å². The lowest BCUT2D eigenvalue weighted by Gasteiger charge is -2.11. The maximum absolute atomic E-state index is 11.8. The normalized spacial score (nSPS) is 15.7. The molecule has 7 nitrogen and oxygen atoms in total. The minimum Gasteiger partial charge on any atom is -0.465 e. The molecule has 1 aliphatic rings. The van der Waals surface area contributed by atoms with E-state index in [9.17, 15) is 4.79 Å². The maximum Gasteiger partial charge on any atom is 0.276 e. The molecule has 2 aromatic rings. The Balaban J connectivity index is 1.63. The standard InChI is InChI=1S/C17H17N5O2/c1-22(2)13-7-5-12(6-8-13)11-18-21-17-19-15(16(23)20-17)10-14-4-3-9-24-14/h3-11H,1-2H3,(H2,19,20,21,23)/b15-10-,18-11?. The van der Waals surface area contributed by atoms with Gasteiger partial charge in [0.2, 0.25) is 5.96 Å². The van der Waals surface area contributed by atoms with Crippen LogP contribution in [0.15, 0.2) is 62.9 Å². The molecule has 0 bridgehead atoms. The van der Waals surface area contributed by atoms with Gasteiger partial charge in [0.25, 0.3) is 5.91 Å². The fraction of sp³-hybridized carbons (Fsp3) is 0.118. The van der Waals surface area contributed by atoms with E-state index < -0.39 is 0 Å². The summed E-state index contributed by atoms with van der Waals surface area (Å²) in [5.41, 5.74) is 5.02. The summed E-state index contributed by atoms with van der Waals surface area (Å²) >= 11 is 0. The average Bonchev–Trinajstić information content (AvgIpc) is 3.19. The minimum atomic E-state index is -0.306. The molecule has 0 fully saturated rings. The summed E-state index contributed by atoms with van der Waals surface area (Å²) in [4.78, 5) is 18.0. The number of anilines is 1. The van der Waals surface area contributed by atoms with E-state index in [1.54, 1.807) is 24.4 Å². The molecule has 1 amide bonds. The fourth-order valence-corrected chi connectivity index (χ4v) is 2.06. The Morgan fingerprint density at radius 1 is 1.25 bits per heavy atom. The van der Waals surface area contributed by atoms with E-state index in [2.05, 4.69) is 20.8 Å². The molecule has 24 heavy (non-hydrogen) atoms. The van der Waals surface area contributed by atoms with Gasteiger partial charge in [0.05, 0.1) is 12.5 Å². The second kappa shape index (κ2) is 6.82. The molecule has 1 aromatic carbocycles. The fourth-order valence-electron chi connectivity index (χ4n) is 2.06. The number of rotatable bonds is 4. The number of hydrazone groups is 1. The molecule has 2 N–H and O–H groups in total. The number of amides is 1. The zero-order valence-corrected chi connectivity index (χ0v) is 13.4. The Morgan fingerprint density at radius 2 is 2.04 bits per heavy atom. The van der Waals surface area contributed by atoms with Crippen LogP contribution in [0.1, 0.15) is 11.3 Å². The molecule has 0 atom stereocenters. The molecule has 0 aliphatic carbocycles. The van der Waals surface area contributed by atoms with Gasteiger partial charge >= 0.3 is 0 Å². The first-order chi connectivity index (χ1) is 11.6. The molecule has 1 aliphatic heterocycles. The summed E-state index contributed by atoms with van der Waals surface area (Å²) in [6.07, 6.45) is 4.75. The molecule has 0 saturated carbocycles. The van der Waals surface area contributed by atoms with Crippen LogP contribution in [-0.2, 0) is 4.79 Å². The molecule has 3 rings (SSSR count). The summed E-state index contributed by atoms with van der Waals surface area (Å²) < 4.78 is 5.17.